The molecule has 0 aromatic rings. The molecule has 3 heteroatoms. The summed E-state index contributed by atoms with van der Waals surface area (Å²) < 4.78 is 4.52. The summed E-state index contributed by atoms with van der Waals surface area (Å²) in [5.41, 5.74) is 0. The minimum absolute atomic E-state index is 0.142. The van der Waals surface area contributed by atoms with Crippen LogP contribution in [0.15, 0.2) is 0 Å². The maximum atomic E-state index is 10.7. The molecular weight excluding hydrogens is 166 g/mol. The summed E-state index contributed by atoms with van der Waals surface area (Å²) in [4.78, 5) is 10.7. The monoisotopic (exact) mass is 187 g/mol. The number of hydrogen-bond donors (Lipinski definition) is 1. The predicted octanol–water partition coefficient (Wildman–Crippen LogP) is 1.58. The zero-order chi connectivity index (χ0) is 10.1. The second-order valence-corrected chi connectivity index (χ2v) is 3.61. The van der Waals surface area contributed by atoms with Gasteiger partial charge >= 0.3 is 5.97 Å². The molecule has 0 heterocycles. The lowest BCUT2D eigenvalue weighted by Gasteiger charge is -2.05. The van der Waals surface area contributed by atoms with E-state index in [-0.39, 0.29) is 5.97 Å². The first-order valence-electron chi connectivity index (χ1n) is 4.94. The van der Waals surface area contributed by atoms with E-state index in [1.807, 2.05) is 0 Å². The first-order valence-corrected chi connectivity index (χ1v) is 4.94. The Morgan fingerprint density at radius 1 is 1.38 bits per heavy atom. The molecule has 0 spiro atoms. The third-order valence-electron chi connectivity index (χ3n) is 1.87. The van der Waals surface area contributed by atoms with Crippen LogP contribution < -0.4 is 5.32 Å². The first kappa shape index (κ1) is 12.4. The van der Waals surface area contributed by atoms with Crippen molar-refractivity contribution in [3.05, 3.63) is 0 Å². The molecule has 1 N–H and O–H groups in total. The molecule has 13 heavy (non-hydrogen) atoms. The van der Waals surface area contributed by atoms with Crippen LogP contribution in [0, 0.1) is 5.92 Å². The van der Waals surface area contributed by atoms with Gasteiger partial charge < -0.3 is 10.1 Å². The standard InChI is InChI=1S/C10H21NO2/c1-9(2)5-4-7-11-8-6-10(12)13-3/h9,11H,4-8H2,1-3H3. The molecule has 0 aromatic carbocycles. The summed E-state index contributed by atoms with van der Waals surface area (Å²) >= 11 is 0. The zero-order valence-corrected chi connectivity index (χ0v) is 8.93. The Morgan fingerprint density at radius 3 is 2.62 bits per heavy atom. The van der Waals surface area contributed by atoms with Crippen LogP contribution in [-0.4, -0.2) is 26.2 Å². The van der Waals surface area contributed by atoms with Crippen molar-refractivity contribution in [3.8, 4) is 0 Å². The molecule has 78 valence electrons. The number of hydrogen-bond acceptors (Lipinski definition) is 3. The van der Waals surface area contributed by atoms with E-state index in [0.717, 1.165) is 19.0 Å². The molecule has 0 saturated carbocycles. The maximum absolute atomic E-state index is 10.7. The SMILES string of the molecule is COC(=O)CCNCCCC(C)C. The lowest BCUT2D eigenvalue weighted by molar-refractivity contribution is -0.140. The summed E-state index contributed by atoms with van der Waals surface area (Å²) in [6.45, 7) is 6.16. The Kier molecular flexibility index (Phi) is 7.69. The average Bonchev–Trinajstić information content (AvgIpc) is 2.10. The lowest BCUT2D eigenvalue weighted by atomic mass is 10.1. The summed E-state index contributed by atoms with van der Waals surface area (Å²) in [6, 6.07) is 0. The van der Waals surface area contributed by atoms with Gasteiger partial charge in [0.1, 0.15) is 0 Å². The van der Waals surface area contributed by atoms with Gasteiger partial charge in [0.25, 0.3) is 0 Å². The van der Waals surface area contributed by atoms with Crippen LogP contribution in [-0.2, 0) is 9.53 Å². The molecule has 0 aliphatic rings. The Morgan fingerprint density at radius 2 is 2.08 bits per heavy atom. The molecule has 0 unspecified atom stereocenters. The van der Waals surface area contributed by atoms with Crippen LogP contribution in [0.1, 0.15) is 33.1 Å². The van der Waals surface area contributed by atoms with Crippen molar-refractivity contribution in [1.29, 1.82) is 0 Å². The van der Waals surface area contributed by atoms with Gasteiger partial charge in [-0.3, -0.25) is 4.79 Å². The molecule has 3 nitrogen and oxygen atoms in total. The third kappa shape index (κ3) is 9.34. The molecule has 0 aromatic heterocycles. The second-order valence-electron chi connectivity index (χ2n) is 3.61. The topological polar surface area (TPSA) is 38.3 Å². The second kappa shape index (κ2) is 8.05. The molecule has 0 saturated heterocycles. The van der Waals surface area contributed by atoms with Gasteiger partial charge in [0.05, 0.1) is 13.5 Å². The number of methoxy groups -OCH3 is 1. The van der Waals surface area contributed by atoms with Gasteiger partial charge in [-0.05, 0) is 25.3 Å². The fourth-order valence-electron chi connectivity index (χ4n) is 1.05. The Bertz CT molecular complexity index is 135. The lowest BCUT2D eigenvalue weighted by Crippen LogP contribution is -2.20. The van der Waals surface area contributed by atoms with E-state index in [1.54, 1.807) is 0 Å². The van der Waals surface area contributed by atoms with Crippen molar-refractivity contribution in [1.82, 2.24) is 5.32 Å². The van der Waals surface area contributed by atoms with Crippen LogP contribution in [0.3, 0.4) is 0 Å². The van der Waals surface area contributed by atoms with Gasteiger partial charge in [-0.2, -0.15) is 0 Å². The number of esters is 1. The number of carbonyl (C=O) groups is 1. The highest BCUT2D eigenvalue weighted by atomic mass is 16.5. The highest BCUT2D eigenvalue weighted by molar-refractivity contribution is 5.69. The molecule has 0 aliphatic carbocycles. The molecule has 0 aliphatic heterocycles. The van der Waals surface area contributed by atoms with Gasteiger partial charge in [0.2, 0.25) is 0 Å². The van der Waals surface area contributed by atoms with Crippen molar-refractivity contribution in [2.45, 2.75) is 33.1 Å². The summed E-state index contributed by atoms with van der Waals surface area (Å²) in [6.07, 6.45) is 2.89. The Balaban J connectivity index is 3.04. The molecule has 0 radical (unpaired) electrons. The fraction of sp³-hybridized carbons (Fsp3) is 0.900. The normalized spacial score (nSPS) is 10.5. The fourth-order valence-corrected chi connectivity index (χ4v) is 1.05. The average molecular weight is 187 g/mol. The quantitative estimate of drug-likeness (QED) is 0.485. The smallest absolute Gasteiger partial charge is 0.306 e. The minimum Gasteiger partial charge on any atom is -0.469 e. The molecule has 0 atom stereocenters. The van der Waals surface area contributed by atoms with Crippen molar-refractivity contribution >= 4 is 5.97 Å². The van der Waals surface area contributed by atoms with Gasteiger partial charge in [-0.1, -0.05) is 13.8 Å². The van der Waals surface area contributed by atoms with Crippen molar-refractivity contribution in [2.24, 2.45) is 5.92 Å². The van der Waals surface area contributed by atoms with Crippen LogP contribution >= 0.6 is 0 Å². The van der Waals surface area contributed by atoms with Crippen molar-refractivity contribution in [2.75, 3.05) is 20.2 Å². The third-order valence-corrected chi connectivity index (χ3v) is 1.87. The van der Waals surface area contributed by atoms with Gasteiger partial charge in [0, 0.05) is 6.54 Å². The van der Waals surface area contributed by atoms with Crippen LogP contribution in [0.5, 0.6) is 0 Å². The van der Waals surface area contributed by atoms with E-state index in [1.165, 1.54) is 20.0 Å². The van der Waals surface area contributed by atoms with E-state index in [9.17, 15) is 4.79 Å². The number of rotatable bonds is 7. The molecule has 0 bridgehead atoms. The summed E-state index contributed by atoms with van der Waals surface area (Å²) in [5.74, 6) is 0.624. The maximum Gasteiger partial charge on any atom is 0.306 e. The Hall–Kier alpha value is -0.570. The van der Waals surface area contributed by atoms with Gasteiger partial charge in [0.15, 0.2) is 0 Å². The summed E-state index contributed by atoms with van der Waals surface area (Å²) in [5, 5.41) is 3.21. The van der Waals surface area contributed by atoms with Crippen LogP contribution in [0.2, 0.25) is 0 Å². The molecule has 0 amide bonds. The molecule has 0 fully saturated rings. The van der Waals surface area contributed by atoms with Crippen molar-refractivity contribution < 1.29 is 9.53 Å². The molecular formula is C10H21NO2. The van der Waals surface area contributed by atoms with E-state index in [0.29, 0.717) is 6.42 Å². The highest BCUT2D eigenvalue weighted by Crippen LogP contribution is 2.01. The molecule has 0 rings (SSSR count). The number of nitrogens with one attached hydrogen (secondary N) is 1. The highest BCUT2D eigenvalue weighted by Gasteiger charge is 1.98. The van der Waals surface area contributed by atoms with E-state index >= 15 is 0 Å². The number of ether oxygens (including phenoxy) is 1. The number of carbonyl (C=O) groups excluding carboxylic acids is 1. The predicted molar refractivity (Wildman–Crippen MR) is 53.6 cm³/mol. The van der Waals surface area contributed by atoms with Crippen molar-refractivity contribution in [3.63, 3.8) is 0 Å². The Labute approximate surface area is 80.8 Å². The minimum atomic E-state index is -0.142. The van der Waals surface area contributed by atoms with Gasteiger partial charge in [-0.15, -0.1) is 0 Å². The largest absolute Gasteiger partial charge is 0.469 e. The van der Waals surface area contributed by atoms with Crippen LogP contribution in [0.25, 0.3) is 0 Å². The van der Waals surface area contributed by atoms with Gasteiger partial charge in [-0.25, -0.2) is 0 Å². The van der Waals surface area contributed by atoms with Crippen LogP contribution in [0.4, 0.5) is 0 Å². The zero-order valence-electron chi connectivity index (χ0n) is 8.93. The van der Waals surface area contributed by atoms with E-state index < -0.39 is 0 Å². The first-order chi connectivity index (χ1) is 6.16. The summed E-state index contributed by atoms with van der Waals surface area (Å²) in [7, 11) is 1.42. The van der Waals surface area contributed by atoms with E-state index in [4.69, 9.17) is 0 Å². The van der Waals surface area contributed by atoms with E-state index in [2.05, 4.69) is 23.9 Å².